The van der Waals surface area contributed by atoms with Crippen LogP contribution in [0.1, 0.15) is 206 Å². The van der Waals surface area contributed by atoms with Crippen LogP contribution >= 0.6 is 0 Å². The van der Waals surface area contributed by atoms with Crippen LogP contribution in [0, 0.1) is 0 Å². The van der Waals surface area contributed by atoms with Gasteiger partial charge in [-0.2, -0.15) is 0 Å². The summed E-state index contributed by atoms with van der Waals surface area (Å²) < 4.78 is 0. The number of amides is 1. The minimum atomic E-state index is -0.831. The second kappa shape index (κ2) is 34.6. The average Bonchev–Trinajstić information content (AvgIpc) is 2.99. The number of allylic oxidation sites excluding steroid dienone is 1. The van der Waals surface area contributed by atoms with Gasteiger partial charge in [0.25, 0.3) is 0 Å². The maximum atomic E-state index is 12.3. The van der Waals surface area contributed by atoms with E-state index >= 15 is 0 Å². The fourth-order valence-electron chi connectivity index (χ4n) is 5.82. The molecule has 0 unspecified atom stereocenters. The number of nitrogens with one attached hydrogen (secondary N) is 1. The molecule has 0 aliphatic carbocycles. The monoisotopic (exact) mass is 594 g/mol. The zero-order chi connectivity index (χ0) is 30.8. The molecule has 0 bridgehead atoms. The molecule has 0 saturated carbocycles. The molecule has 0 heterocycles. The van der Waals surface area contributed by atoms with E-state index in [9.17, 15) is 15.0 Å². The summed E-state index contributed by atoms with van der Waals surface area (Å²) in [4.78, 5) is 12.3. The van der Waals surface area contributed by atoms with Gasteiger partial charge in [0, 0.05) is 6.42 Å². The van der Waals surface area contributed by atoms with Crippen LogP contribution < -0.4 is 5.32 Å². The lowest BCUT2D eigenvalue weighted by atomic mass is 10.0. The van der Waals surface area contributed by atoms with Crippen molar-refractivity contribution in [1.82, 2.24) is 5.32 Å². The third kappa shape index (κ3) is 30.6. The molecule has 0 spiro atoms. The first-order chi connectivity index (χ1) is 20.7. The molecule has 4 nitrogen and oxygen atoms in total. The van der Waals surface area contributed by atoms with Crippen molar-refractivity contribution in [2.24, 2.45) is 0 Å². The molecule has 1 amide bonds. The van der Waals surface area contributed by atoms with Crippen LogP contribution in [0.2, 0.25) is 0 Å². The normalized spacial score (nSPS) is 13.1. The van der Waals surface area contributed by atoms with Gasteiger partial charge in [0.1, 0.15) is 0 Å². The van der Waals surface area contributed by atoms with Crippen LogP contribution in [0.4, 0.5) is 0 Å². The highest BCUT2D eigenvalue weighted by Gasteiger charge is 2.17. The highest BCUT2D eigenvalue weighted by molar-refractivity contribution is 5.76. The van der Waals surface area contributed by atoms with Crippen molar-refractivity contribution in [3.8, 4) is 0 Å². The third-order valence-corrected chi connectivity index (χ3v) is 8.77. The predicted octanol–water partition coefficient (Wildman–Crippen LogP) is 11.1. The zero-order valence-electron chi connectivity index (χ0n) is 28.5. The Balaban J connectivity index is 3.57. The average molecular weight is 594 g/mol. The van der Waals surface area contributed by atoms with Gasteiger partial charge >= 0.3 is 0 Å². The van der Waals surface area contributed by atoms with Crippen molar-refractivity contribution in [2.75, 3.05) is 6.61 Å². The molecule has 0 aliphatic rings. The van der Waals surface area contributed by atoms with E-state index in [4.69, 9.17) is 0 Å². The van der Waals surface area contributed by atoms with E-state index in [0.717, 1.165) is 25.7 Å². The van der Waals surface area contributed by atoms with Crippen LogP contribution in [0.3, 0.4) is 0 Å². The number of aliphatic hydroxyl groups is 2. The summed E-state index contributed by atoms with van der Waals surface area (Å²) in [6, 6.07) is -0.614. The molecule has 3 N–H and O–H groups in total. The Morgan fingerprint density at radius 2 is 0.881 bits per heavy atom. The van der Waals surface area contributed by atoms with E-state index in [1.54, 1.807) is 6.08 Å². The molecule has 0 aliphatic heterocycles. The Morgan fingerprint density at radius 1 is 0.548 bits per heavy atom. The maximum absolute atomic E-state index is 12.3. The number of carbonyl (C=O) groups is 1. The van der Waals surface area contributed by atoms with Gasteiger partial charge in [-0.25, -0.2) is 0 Å². The first-order valence-corrected chi connectivity index (χ1v) is 18.9. The van der Waals surface area contributed by atoms with Crippen LogP contribution in [-0.2, 0) is 4.79 Å². The van der Waals surface area contributed by atoms with E-state index in [0.29, 0.717) is 6.42 Å². The molecule has 0 saturated heterocycles. The third-order valence-electron chi connectivity index (χ3n) is 8.77. The molecular weight excluding hydrogens is 518 g/mol. The number of unbranched alkanes of at least 4 members (excludes halogenated alkanes) is 27. The van der Waals surface area contributed by atoms with Gasteiger partial charge in [-0.15, -0.1) is 0 Å². The van der Waals surface area contributed by atoms with Crippen LogP contribution in [-0.4, -0.2) is 34.9 Å². The summed E-state index contributed by atoms with van der Waals surface area (Å²) in [5, 5.41) is 22.9. The fraction of sp³-hybridized carbons (Fsp3) is 0.921. The number of hydrogen-bond acceptors (Lipinski definition) is 3. The largest absolute Gasteiger partial charge is 0.394 e. The van der Waals surface area contributed by atoms with Gasteiger partial charge in [0.05, 0.1) is 18.8 Å². The standard InChI is InChI=1S/C38H75NO3/c1-3-5-7-9-11-13-15-17-18-19-20-22-24-26-28-30-32-34-38(42)39-36(35-40)37(41)33-31-29-27-25-23-21-16-14-12-10-8-6-4-2/h31,33,36-37,40-41H,3-30,32,34-35H2,1-2H3,(H,39,42)/b33-31+/t36-,37+/m1/s1. The summed E-state index contributed by atoms with van der Waals surface area (Å²) in [5.74, 6) is -0.0622. The highest BCUT2D eigenvalue weighted by Crippen LogP contribution is 2.15. The van der Waals surface area contributed by atoms with Crippen LogP contribution in [0.25, 0.3) is 0 Å². The van der Waals surface area contributed by atoms with E-state index in [1.165, 1.54) is 161 Å². The minimum Gasteiger partial charge on any atom is -0.394 e. The lowest BCUT2D eigenvalue weighted by Crippen LogP contribution is -2.45. The summed E-state index contributed by atoms with van der Waals surface area (Å²) in [5.41, 5.74) is 0. The summed E-state index contributed by atoms with van der Waals surface area (Å²) in [7, 11) is 0. The SMILES string of the molecule is CCCCCCCCCCCCC/C=C/[C@H](O)[C@@H](CO)NC(=O)CCCCCCCCCCCCCCCCCCC. The maximum Gasteiger partial charge on any atom is 0.220 e. The molecule has 42 heavy (non-hydrogen) atoms. The predicted molar refractivity (Wildman–Crippen MR) is 184 cm³/mol. The Hall–Kier alpha value is -0.870. The number of carbonyl (C=O) groups excluding carboxylic acids is 1. The highest BCUT2D eigenvalue weighted by atomic mass is 16.3. The second-order valence-corrected chi connectivity index (χ2v) is 13.0. The molecular formula is C38H75NO3. The van der Waals surface area contributed by atoms with Crippen molar-refractivity contribution in [3.05, 3.63) is 12.2 Å². The molecule has 0 rings (SSSR count). The molecule has 0 fully saturated rings. The number of aliphatic hydroxyl groups excluding tert-OH is 2. The first-order valence-electron chi connectivity index (χ1n) is 18.9. The lowest BCUT2D eigenvalue weighted by molar-refractivity contribution is -0.123. The number of rotatable bonds is 34. The summed E-state index contributed by atoms with van der Waals surface area (Å²) in [6.07, 6.45) is 41.5. The summed E-state index contributed by atoms with van der Waals surface area (Å²) >= 11 is 0. The van der Waals surface area contributed by atoms with E-state index in [2.05, 4.69) is 19.2 Å². The van der Waals surface area contributed by atoms with Crippen LogP contribution in [0.5, 0.6) is 0 Å². The molecule has 0 aromatic carbocycles. The fourth-order valence-corrected chi connectivity index (χ4v) is 5.82. The zero-order valence-corrected chi connectivity index (χ0v) is 28.5. The van der Waals surface area contributed by atoms with Gasteiger partial charge in [-0.3, -0.25) is 4.79 Å². The lowest BCUT2D eigenvalue weighted by Gasteiger charge is -2.20. The first kappa shape index (κ1) is 41.1. The quantitative estimate of drug-likeness (QED) is 0.0513. The molecule has 250 valence electrons. The minimum absolute atomic E-state index is 0.0622. The van der Waals surface area contributed by atoms with Gasteiger partial charge in [0.15, 0.2) is 0 Å². The van der Waals surface area contributed by atoms with Crippen molar-refractivity contribution in [2.45, 2.75) is 219 Å². The Bertz CT molecular complexity index is 565. The molecule has 0 aromatic rings. The van der Waals surface area contributed by atoms with Crippen LogP contribution in [0.15, 0.2) is 12.2 Å². The molecule has 4 heteroatoms. The second-order valence-electron chi connectivity index (χ2n) is 13.0. The van der Waals surface area contributed by atoms with Crippen molar-refractivity contribution in [3.63, 3.8) is 0 Å². The Labute approximate surface area is 263 Å². The topological polar surface area (TPSA) is 69.6 Å². The Kier molecular flexibility index (Phi) is 33.9. The number of hydrogen-bond donors (Lipinski definition) is 3. The van der Waals surface area contributed by atoms with Gasteiger partial charge in [-0.05, 0) is 19.3 Å². The van der Waals surface area contributed by atoms with Gasteiger partial charge in [0.2, 0.25) is 5.91 Å². The van der Waals surface area contributed by atoms with E-state index < -0.39 is 12.1 Å². The molecule has 0 aromatic heterocycles. The van der Waals surface area contributed by atoms with E-state index in [-0.39, 0.29) is 12.5 Å². The molecule has 0 radical (unpaired) electrons. The van der Waals surface area contributed by atoms with Gasteiger partial charge < -0.3 is 15.5 Å². The van der Waals surface area contributed by atoms with Crippen molar-refractivity contribution >= 4 is 5.91 Å². The van der Waals surface area contributed by atoms with Crippen molar-refractivity contribution < 1.29 is 15.0 Å². The van der Waals surface area contributed by atoms with Crippen molar-refractivity contribution in [1.29, 1.82) is 0 Å². The summed E-state index contributed by atoms with van der Waals surface area (Å²) in [6.45, 7) is 4.31. The smallest absolute Gasteiger partial charge is 0.220 e. The van der Waals surface area contributed by atoms with Gasteiger partial charge in [-0.1, -0.05) is 193 Å². The van der Waals surface area contributed by atoms with E-state index in [1.807, 2.05) is 6.08 Å². The Morgan fingerprint density at radius 3 is 1.24 bits per heavy atom. The molecule has 2 atom stereocenters.